The van der Waals surface area contributed by atoms with Gasteiger partial charge in [0.05, 0.1) is 12.1 Å². The highest BCUT2D eigenvalue weighted by Crippen LogP contribution is 2.36. The molecular formula is C12H15NO2. The first-order valence-electron chi connectivity index (χ1n) is 5.16. The number of carbonyl (C=O) groups excluding carboxylic acids is 1. The van der Waals surface area contributed by atoms with E-state index in [4.69, 9.17) is 0 Å². The first kappa shape index (κ1) is 10.2. The SMILES string of the molecule is CC(=O)NC1(CO)CCc2ccccc21. The molecule has 1 aliphatic rings. The van der Waals surface area contributed by atoms with E-state index in [2.05, 4.69) is 11.4 Å². The number of carbonyl (C=O) groups is 1. The van der Waals surface area contributed by atoms with Crippen LogP contribution in [0, 0.1) is 0 Å². The summed E-state index contributed by atoms with van der Waals surface area (Å²) in [5.41, 5.74) is 1.73. The number of amides is 1. The number of rotatable bonds is 2. The summed E-state index contributed by atoms with van der Waals surface area (Å²) in [6.07, 6.45) is 1.69. The second-order valence-corrected chi connectivity index (χ2v) is 4.08. The fourth-order valence-corrected chi connectivity index (χ4v) is 2.36. The molecule has 0 aromatic heterocycles. The molecule has 2 rings (SSSR count). The smallest absolute Gasteiger partial charge is 0.217 e. The minimum atomic E-state index is -0.553. The van der Waals surface area contributed by atoms with Crippen molar-refractivity contribution in [2.75, 3.05) is 6.61 Å². The Hall–Kier alpha value is -1.35. The van der Waals surface area contributed by atoms with Crippen LogP contribution >= 0.6 is 0 Å². The fourth-order valence-electron chi connectivity index (χ4n) is 2.36. The summed E-state index contributed by atoms with van der Waals surface area (Å²) >= 11 is 0. The zero-order chi connectivity index (χ0) is 10.9. The van der Waals surface area contributed by atoms with E-state index in [9.17, 15) is 9.90 Å². The van der Waals surface area contributed by atoms with Crippen molar-refractivity contribution in [1.29, 1.82) is 0 Å². The van der Waals surface area contributed by atoms with E-state index in [1.54, 1.807) is 0 Å². The van der Waals surface area contributed by atoms with Gasteiger partial charge in [-0.2, -0.15) is 0 Å². The molecule has 3 nitrogen and oxygen atoms in total. The topological polar surface area (TPSA) is 49.3 Å². The van der Waals surface area contributed by atoms with Crippen LogP contribution in [0.25, 0.3) is 0 Å². The number of hydrogen-bond donors (Lipinski definition) is 2. The molecule has 0 radical (unpaired) electrons. The van der Waals surface area contributed by atoms with Crippen LogP contribution in [0.4, 0.5) is 0 Å². The van der Waals surface area contributed by atoms with Crippen LogP contribution < -0.4 is 5.32 Å². The fraction of sp³-hybridized carbons (Fsp3) is 0.417. The lowest BCUT2D eigenvalue weighted by molar-refractivity contribution is -0.121. The minimum Gasteiger partial charge on any atom is -0.394 e. The Labute approximate surface area is 89.1 Å². The summed E-state index contributed by atoms with van der Waals surface area (Å²) in [5.74, 6) is -0.0965. The number of aliphatic hydroxyl groups excluding tert-OH is 1. The highest BCUT2D eigenvalue weighted by atomic mass is 16.3. The molecule has 0 saturated carbocycles. The van der Waals surface area contributed by atoms with Gasteiger partial charge < -0.3 is 10.4 Å². The third-order valence-electron chi connectivity index (χ3n) is 3.04. The predicted octanol–water partition coefficient (Wildman–Crippen LogP) is 0.956. The Balaban J connectivity index is 2.41. The Bertz CT molecular complexity index is 389. The molecule has 3 heteroatoms. The van der Waals surface area contributed by atoms with Gasteiger partial charge in [-0.15, -0.1) is 0 Å². The van der Waals surface area contributed by atoms with E-state index in [-0.39, 0.29) is 12.5 Å². The summed E-state index contributed by atoms with van der Waals surface area (Å²) in [7, 11) is 0. The molecule has 0 aliphatic heterocycles. The number of hydrogen-bond acceptors (Lipinski definition) is 2. The summed E-state index contributed by atoms with van der Waals surface area (Å²) in [5, 5.41) is 12.4. The van der Waals surface area contributed by atoms with Gasteiger partial charge in [-0.1, -0.05) is 24.3 Å². The maximum absolute atomic E-state index is 11.2. The van der Waals surface area contributed by atoms with E-state index in [1.807, 2.05) is 18.2 Å². The van der Waals surface area contributed by atoms with Crippen molar-refractivity contribution < 1.29 is 9.90 Å². The molecular weight excluding hydrogens is 190 g/mol. The van der Waals surface area contributed by atoms with Gasteiger partial charge in [0.2, 0.25) is 5.91 Å². The molecule has 0 fully saturated rings. The van der Waals surface area contributed by atoms with Crippen LogP contribution in [0.3, 0.4) is 0 Å². The highest BCUT2D eigenvalue weighted by molar-refractivity contribution is 5.74. The van der Waals surface area contributed by atoms with Crippen LogP contribution in [-0.4, -0.2) is 17.6 Å². The van der Waals surface area contributed by atoms with Crippen LogP contribution in [0.5, 0.6) is 0 Å². The predicted molar refractivity (Wildman–Crippen MR) is 57.3 cm³/mol. The van der Waals surface area contributed by atoms with Crippen LogP contribution in [-0.2, 0) is 16.8 Å². The average molecular weight is 205 g/mol. The Morgan fingerprint density at radius 3 is 2.93 bits per heavy atom. The van der Waals surface area contributed by atoms with E-state index in [0.29, 0.717) is 0 Å². The number of aliphatic hydroxyl groups is 1. The molecule has 1 aromatic carbocycles. The van der Waals surface area contributed by atoms with Crippen molar-refractivity contribution in [3.05, 3.63) is 35.4 Å². The first-order valence-corrected chi connectivity index (χ1v) is 5.16. The van der Waals surface area contributed by atoms with Gasteiger partial charge in [0.15, 0.2) is 0 Å². The Morgan fingerprint density at radius 1 is 1.53 bits per heavy atom. The molecule has 0 saturated heterocycles. The molecule has 2 N–H and O–H groups in total. The largest absolute Gasteiger partial charge is 0.394 e. The molecule has 1 aliphatic carbocycles. The first-order chi connectivity index (χ1) is 7.18. The molecule has 0 bridgehead atoms. The molecule has 1 unspecified atom stereocenters. The molecule has 15 heavy (non-hydrogen) atoms. The van der Waals surface area contributed by atoms with E-state index in [0.717, 1.165) is 18.4 Å². The van der Waals surface area contributed by atoms with Crippen molar-refractivity contribution in [3.63, 3.8) is 0 Å². The van der Waals surface area contributed by atoms with Gasteiger partial charge in [-0.05, 0) is 24.0 Å². The third-order valence-corrected chi connectivity index (χ3v) is 3.04. The van der Waals surface area contributed by atoms with E-state index >= 15 is 0 Å². The molecule has 0 spiro atoms. The minimum absolute atomic E-state index is 0.0381. The monoisotopic (exact) mass is 205 g/mol. The summed E-state index contributed by atoms with van der Waals surface area (Å²) in [4.78, 5) is 11.2. The molecule has 0 heterocycles. The molecule has 1 atom stereocenters. The summed E-state index contributed by atoms with van der Waals surface area (Å²) < 4.78 is 0. The number of fused-ring (bicyclic) bond motifs is 1. The normalized spacial score (nSPS) is 23.6. The van der Waals surface area contributed by atoms with Crippen LogP contribution in [0.2, 0.25) is 0 Å². The maximum Gasteiger partial charge on any atom is 0.217 e. The van der Waals surface area contributed by atoms with Crippen molar-refractivity contribution in [3.8, 4) is 0 Å². The number of benzene rings is 1. The Kier molecular flexibility index (Phi) is 2.49. The van der Waals surface area contributed by atoms with Crippen molar-refractivity contribution >= 4 is 5.91 Å². The summed E-state index contributed by atoms with van der Waals surface area (Å²) in [6, 6.07) is 7.96. The lowest BCUT2D eigenvalue weighted by atomic mass is 9.92. The van der Waals surface area contributed by atoms with Crippen molar-refractivity contribution in [1.82, 2.24) is 5.32 Å². The Morgan fingerprint density at radius 2 is 2.27 bits per heavy atom. The van der Waals surface area contributed by atoms with Gasteiger partial charge >= 0.3 is 0 Å². The van der Waals surface area contributed by atoms with Gasteiger partial charge in [0.25, 0.3) is 0 Å². The zero-order valence-corrected chi connectivity index (χ0v) is 8.79. The second-order valence-electron chi connectivity index (χ2n) is 4.08. The second kappa shape index (κ2) is 3.66. The van der Waals surface area contributed by atoms with Crippen LogP contribution in [0.15, 0.2) is 24.3 Å². The van der Waals surface area contributed by atoms with Gasteiger partial charge in [-0.25, -0.2) is 0 Å². The standard InChI is InChI=1S/C12H15NO2/c1-9(15)13-12(8-14)7-6-10-4-2-3-5-11(10)12/h2-5,14H,6-8H2,1H3,(H,13,15). The van der Waals surface area contributed by atoms with Gasteiger partial charge in [0, 0.05) is 6.92 Å². The van der Waals surface area contributed by atoms with Gasteiger partial charge in [0.1, 0.15) is 0 Å². The molecule has 1 amide bonds. The third kappa shape index (κ3) is 1.63. The number of aryl methyl sites for hydroxylation is 1. The highest BCUT2D eigenvalue weighted by Gasteiger charge is 2.38. The van der Waals surface area contributed by atoms with Crippen molar-refractivity contribution in [2.24, 2.45) is 0 Å². The average Bonchev–Trinajstić information content (AvgIpc) is 2.58. The zero-order valence-electron chi connectivity index (χ0n) is 8.79. The maximum atomic E-state index is 11.2. The van der Waals surface area contributed by atoms with Crippen molar-refractivity contribution in [2.45, 2.75) is 25.3 Å². The summed E-state index contributed by atoms with van der Waals surface area (Å²) in [6.45, 7) is 1.45. The number of nitrogens with one attached hydrogen (secondary N) is 1. The molecule has 1 aromatic rings. The lowest BCUT2D eigenvalue weighted by Crippen LogP contribution is -2.46. The molecule has 80 valence electrons. The quantitative estimate of drug-likeness (QED) is 0.755. The van der Waals surface area contributed by atoms with Crippen LogP contribution in [0.1, 0.15) is 24.5 Å². The van der Waals surface area contributed by atoms with Gasteiger partial charge in [-0.3, -0.25) is 4.79 Å². The van der Waals surface area contributed by atoms with E-state index < -0.39 is 5.54 Å². The van der Waals surface area contributed by atoms with E-state index in [1.165, 1.54) is 12.5 Å². The lowest BCUT2D eigenvalue weighted by Gasteiger charge is -2.29.